The number of fused-ring (bicyclic) bond motifs is 2. The van der Waals surface area contributed by atoms with Crippen molar-refractivity contribution < 1.29 is 9.59 Å². The lowest BCUT2D eigenvalue weighted by atomic mass is 9.89. The molecule has 1 heterocycles. The largest absolute Gasteiger partial charge is 0.324 e. The second-order valence-corrected chi connectivity index (χ2v) is 5.54. The zero-order chi connectivity index (χ0) is 14.4. The molecule has 1 unspecified atom stereocenters. The molecule has 2 aromatic rings. The monoisotopic (exact) mass is 268 g/mol. The topological polar surface area (TPSA) is 52.0 Å². The van der Waals surface area contributed by atoms with Crippen LogP contribution in [-0.2, 0) is 0 Å². The molecule has 4 heteroatoms. The Bertz CT molecular complexity index is 713. The molecular formula is C16H16N2O2. The Morgan fingerprint density at radius 3 is 2.20 bits per heavy atom. The van der Waals surface area contributed by atoms with E-state index in [0.29, 0.717) is 22.7 Å². The van der Waals surface area contributed by atoms with Crippen molar-refractivity contribution in [3.05, 3.63) is 53.1 Å². The van der Waals surface area contributed by atoms with Crippen molar-refractivity contribution in [1.82, 2.24) is 9.55 Å². The maximum Gasteiger partial charge on any atom is 0.214 e. The average Bonchev–Trinajstić information content (AvgIpc) is 2.89. The van der Waals surface area contributed by atoms with E-state index in [-0.39, 0.29) is 23.3 Å². The minimum Gasteiger partial charge on any atom is -0.324 e. The maximum absolute atomic E-state index is 12.6. The second kappa shape index (κ2) is 4.40. The van der Waals surface area contributed by atoms with Gasteiger partial charge < -0.3 is 4.57 Å². The summed E-state index contributed by atoms with van der Waals surface area (Å²) in [6.07, 6.45) is 1.61. The molecule has 1 atom stereocenters. The highest BCUT2D eigenvalue weighted by molar-refractivity contribution is 6.27. The van der Waals surface area contributed by atoms with Crippen molar-refractivity contribution in [3.8, 4) is 0 Å². The normalized spacial score (nSPS) is 15.2. The van der Waals surface area contributed by atoms with Crippen LogP contribution in [0.15, 0.2) is 30.6 Å². The fourth-order valence-electron chi connectivity index (χ4n) is 2.52. The fraction of sp³-hybridized carbons (Fsp3) is 0.312. The minimum atomic E-state index is -0.162. The first-order valence-electron chi connectivity index (χ1n) is 6.77. The SMILES string of the molecule is CC(C)C(C)n1cnc2c1C(=O)c1ccccc1C2=O. The predicted molar refractivity (Wildman–Crippen MR) is 75.1 cm³/mol. The van der Waals surface area contributed by atoms with Crippen molar-refractivity contribution in [1.29, 1.82) is 0 Å². The number of aromatic nitrogens is 2. The van der Waals surface area contributed by atoms with Gasteiger partial charge in [-0.15, -0.1) is 0 Å². The molecule has 1 aromatic heterocycles. The van der Waals surface area contributed by atoms with Gasteiger partial charge in [0.2, 0.25) is 11.6 Å². The molecule has 20 heavy (non-hydrogen) atoms. The van der Waals surface area contributed by atoms with E-state index in [2.05, 4.69) is 18.8 Å². The molecule has 0 aliphatic heterocycles. The number of nitrogens with zero attached hydrogens (tertiary/aromatic N) is 2. The average molecular weight is 268 g/mol. The van der Waals surface area contributed by atoms with Gasteiger partial charge in [-0.3, -0.25) is 9.59 Å². The lowest BCUT2D eigenvalue weighted by Crippen LogP contribution is -2.25. The van der Waals surface area contributed by atoms with Gasteiger partial charge in [-0.2, -0.15) is 0 Å². The van der Waals surface area contributed by atoms with Gasteiger partial charge in [-0.25, -0.2) is 4.98 Å². The fourth-order valence-corrected chi connectivity index (χ4v) is 2.52. The van der Waals surface area contributed by atoms with Crippen molar-refractivity contribution in [2.75, 3.05) is 0 Å². The van der Waals surface area contributed by atoms with E-state index in [1.165, 1.54) is 0 Å². The summed E-state index contributed by atoms with van der Waals surface area (Å²) in [5, 5.41) is 0. The van der Waals surface area contributed by atoms with Crippen molar-refractivity contribution in [3.63, 3.8) is 0 Å². The number of ketones is 2. The van der Waals surface area contributed by atoms with Crippen LogP contribution in [0.4, 0.5) is 0 Å². The highest BCUT2D eigenvalue weighted by Crippen LogP contribution is 2.29. The molecule has 0 amide bonds. The van der Waals surface area contributed by atoms with Crippen LogP contribution >= 0.6 is 0 Å². The van der Waals surface area contributed by atoms with Crippen LogP contribution in [0.1, 0.15) is 58.9 Å². The molecule has 1 aliphatic carbocycles. The van der Waals surface area contributed by atoms with Crippen LogP contribution in [0.5, 0.6) is 0 Å². The van der Waals surface area contributed by atoms with E-state index in [4.69, 9.17) is 0 Å². The number of carbonyl (C=O) groups excluding carboxylic acids is 2. The lowest BCUT2D eigenvalue weighted by Gasteiger charge is -2.22. The summed E-state index contributed by atoms with van der Waals surface area (Å²) in [7, 11) is 0. The van der Waals surface area contributed by atoms with E-state index in [1.807, 2.05) is 11.5 Å². The summed E-state index contributed by atoms with van der Waals surface area (Å²) in [4.78, 5) is 29.3. The molecule has 1 aliphatic rings. The molecule has 0 fully saturated rings. The molecule has 0 N–H and O–H groups in total. The van der Waals surface area contributed by atoms with E-state index >= 15 is 0 Å². The number of hydrogen-bond acceptors (Lipinski definition) is 3. The smallest absolute Gasteiger partial charge is 0.214 e. The van der Waals surface area contributed by atoms with Crippen molar-refractivity contribution in [2.24, 2.45) is 5.92 Å². The molecule has 0 spiro atoms. The number of hydrogen-bond donors (Lipinski definition) is 0. The Morgan fingerprint density at radius 1 is 1.00 bits per heavy atom. The third-order valence-electron chi connectivity index (χ3n) is 4.04. The second-order valence-electron chi connectivity index (χ2n) is 5.54. The van der Waals surface area contributed by atoms with Gasteiger partial charge in [0, 0.05) is 17.2 Å². The standard InChI is InChI=1S/C16H16N2O2/c1-9(2)10(3)18-8-17-13-14(18)16(20)12-7-5-4-6-11(12)15(13)19/h4-10H,1-3H3. The highest BCUT2D eigenvalue weighted by Gasteiger charge is 2.34. The van der Waals surface area contributed by atoms with Crippen molar-refractivity contribution >= 4 is 11.6 Å². The Morgan fingerprint density at radius 2 is 1.60 bits per heavy atom. The van der Waals surface area contributed by atoms with Gasteiger partial charge in [-0.05, 0) is 12.8 Å². The Hall–Kier alpha value is -2.23. The molecule has 102 valence electrons. The highest BCUT2D eigenvalue weighted by atomic mass is 16.1. The zero-order valence-electron chi connectivity index (χ0n) is 11.8. The van der Waals surface area contributed by atoms with E-state index in [1.54, 1.807) is 30.6 Å². The van der Waals surface area contributed by atoms with Gasteiger partial charge in [0.05, 0.1) is 6.33 Å². The molecule has 0 bridgehead atoms. The van der Waals surface area contributed by atoms with Crippen LogP contribution in [0.3, 0.4) is 0 Å². The van der Waals surface area contributed by atoms with Gasteiger partial charge in [0.1, 0.15) is 11.4 Å². The Kier molecular flexibility index (Phi) is 2.82. The zero-order valence-corrected chi connectivity index (χ0v) is 11.8. The number of rotatable bonds is 2. The first kappa shape index (κ1) is 12.8. The van der Waals surface area contributed by atoms with Crippen LogP contribution < -0.4 is 0 Å². The van der Waals surface area contributed by atoms with Crippen LogP contribution in [0, 0.1) is 5.92 Å². The minimum absolute atomic E-state index is 0.111. The first-order chi connectivity index (χ1) is 9.52. The third kappa shape index (κ3) is 1.64. The van der Waals surface area contributed by atoms with Gasteiger partial charge in [0.25, 0.3) is 0 Å². The lowest BCUT2D eigenvalue weighted by molar-refractivity contribution is 0.0969. The Balaban J connectivity index is 2.21. The van der Waals surface area contributed by atoms with Gasteiger partial charge in [0.15, 0.2) is 0 Å². The van der Waals surface area contributed by atoms with Crippen LogP contribution in [0.2, 0.25) is 0 Å². The summed E-state index contributed by atoms with van der Waals surface area (Å²) in [5.74, 6) is 0.0819. The first-order valence-corrected chi connectivity index (χ1v) is 6.77. The Labute approximate surface area is 117 Å². The molecule has 4 nitrogen and oxygen atoms in total. The summed E-state index contributed by atoms with van der Waals surface area (Å²) in [6.45, 7) is 6.20. The molecule has 1 aromatic carbocycles. The van der Waals surface area contributed by atoms with E-state index in [9.17, 15) is 9.59 Å². The van der Waals surface area contributed by atoms with Gasteiger partial charge >= 0.3 is 0 Å². The van der Waals surface area contributed by atoms with Gasteiger partial charge in [-0.1, -0.05) is 38.1 Å². The van der Waals surface area contributed by atoms with Crippen molar-refractivity contribution in [2.45, 2.75) is 26.8 Å². The molecule has 0 saturated carbocycles. The number of carbonyl (C=O) groups is 2. The molecule has 0 saturated heterocycles. The molecule has 3 rings (SSSR count). The summed E-state index contributed by atoms with van der Waals surface area (Å²) >= 11 is 0. The van der Waals surface area contributed by atoms with Crippen LogP contribution in [-0.4, -0.2) is 21.1 Å². The summed E-state index contributed by atoms with van der Waals surface area (Å²) in [5.41, 5.74) is 1.63. The summed E-state index contributed by atoms with van der Waals surface area (Å²) in [6, 6.07) is 7.05. The quantitative estimate of drug-likeness (QED) is 0.718. The van der Waals surface area contributed by atoms with Crippen LogP contribution in [0.25, 0.3) is 0 Å². The molecular weight excluding hydrogens is 252 g/mol. The third-order valence-corrected chi connectivity index (χ3v) is 4.04. The summed E-state index contributed by atoms with van der Waals surface area (Å²) < 4.78 is 1.83. The molecule has 0 radical (unpaired) electrons. The predicted octanol–water partition coefficient (Wildman–Crippen LogP) is 2.88. The number of benzene rings is 1. The maximum atomic E-state index is 12.6. The van der Waals surface area contributed by atoms with E-state index < -0.39 is 0 Å². The number of imidazole rings is 1. The van der Waals surface area contributed by atoms with E-state index in [0.717, 1.165) is 0 Å².